The highest BCUT2D eigenvalue weighted by Crippen LogP contribution is 2.39. The molecule has 1 aliphatic rings. The van der Waals surface area contributed by atoms with E-state index in [2.05, 4.69) is 22.1 Å². The Morgan fingerprint density at radius 3 is 2.84 bits per heavy atom. The van der Waals surface area contributed by atoms with Crippen LogP contribution in [0.4, 0.5) is 11.4 Å². The summed E-state index contributed by atoms with van der Waals surface area (Å²) < 4.78 is 0.970. The highest BCUT2D eigenvalue weighted by molar-refractivity contribution is 7.21. The summed E-state index contributed by atoms with van der Waals surface area (Å²) in [5, 5.41) is 6.61. The van der Waals surface area contributed by atoms with Crippen molar-refractivity contribution < 1.29 is 14.4 Å². The number of fused-ring (bicyclic) bond motifs is 3. The molecular formula is C25H23N3O3S. The second-order valence-corrected chi connectivity index (χ2v) is 8.81. The fourth-order valence-corrected chi connectivity index (χ4v) is 4.93. The molecule has 2 aromatic carbocycles. The summed E-state index contributed by atoms with van der Waals surface area (Å²) in [7, 11) is 1.97. The van der Waals surface area contributed by atoms with Crippen molar-refractivity contribution in [1.82, 2.24) is 5.32 Å². The lowest BCUT2D eigenvalue weighted by molar-refractivity contribution is -0.111. The number of hydrogen-bond acceptors (Lipinski definition) is 5. The van der Waals surface area contributed by atoms with Crippen LogP contribution in [0.2, 0.25) is 0 Å². The molecule has 1 aromatic heterocycles. The van der Waals surface area contributed by atoms with Gasteiger partial charge >= 0.3 is 0 Å². The molecule has 2 heterocycles. The zero-order valence-electron chi connectivity index (χ0n) is 17.8. The van der Waals surface area contributed by atoms with Crippen molar-refractivity contribution in [2.45, 2.75) is 13.0 Å². The summed E-state index contributed by atoms with van der Waals surface area (Å²) in [6.45, 7) is 6.11. The molecule has 0 radical (unpaired) electrons. The van der Waals surface area contributed by atoms with Gasteiger partial charge in [-0.15, -0.1) is 11.3 Å². The van der Waals surface area contributed by atoms with Crippen molar-refractivity contribution >= 4 is 56.5 Å². The number of thiophene rings is 1. The minimum Gasteiger partial charge on any atom is -0.371 e. The molecule has 2 N–H and O–H groups in total. The van der Waals surface area contributed by atoms with Gasteiger partial charge < -0.3 is 15.5 Å². The predicted octanol–water partition coefficient (Wildman–Crippen LogP) is 4.49. The van der Waals surface area contributed by atoms with Crippen molar-refractivity contribution in [3.05, 3.63) is 77.2 Å². The second kappa shape index (κ2) is 8.80. The summed E-state index contributed by atoms with van der Waals surface area (Å²) >= 11 is 1.44. The van der Waals surface area contributed by atoms with Crippen LogP contribution >= 0.6 is 11.3 Å². The normalized spacial score (nSPS) is 15.9. The van der Waals surface area contributed by atoms with Gasteiger partial charge in [0.25, 0.3) is 5.91 Å². The number of anilines is 2. The minimum absolute atomic E-state index is 0.0434. The first-order chi connectivity index (χ1) is 15.4. The van der Waals surface area contributed by atoms with Crippen LogP contribution < -0.4 is 15.5 Å². The summed E-state index contributed by atoms with van der Waals surface area (Å²) in [4.78, 5) is 39.7. The van der Waals surface area contributed by atoms with E-state index in [-0.39, 0.29) is 23.6 Å². The van der Waals surface area contributed by atoms with Crippen LogP contribution in [0.25, 0.3) is 16.2 Å². The SMILES string of the molecule is C=CC(=O)Nc1cccc(C=CC(=O)c2ccc3sc4c(c3c2)N(C)CC(C)NC4=O)c1. The topological polar surface area (TPSA) is 78.5 Å². The predicted molar refractivity (Wildman–Crippen MR) is 131 cm³/mol. The van der Waals surface area contributed by atoms with Crippen LogP contribution in [0.3, 0.4) is 0 Å². The molecule has 0 aliphatic carbocycles. The zero-order chi connectivity index (χ0) is 22.8. The average Bonchev–Trinajstić information content (AvgIpc) is 3.12. The summed E-state index contributed by atoms with van der Waals surface area (Å²) in [6, 6.07) is 12.8. The Kier molecular flexibility index (Phi) is 5.92. The van der Waals surface area contributed by atoms with Crippen molar-refractivity contribution in [3.63, 3.8) is 0 Å². The number of rotatable bonds is 5. The Morgan fingerprint density at radius 2 is 2.06 bits per heavy atom. The number of hydrogen-bond donors (Lipinski definition) is 2. The number of carbonyl (C=O) groups is 3. The molecule has 4 rings (SSSR count). The van der Waals surface area contributed by atoms with Gasteiger partial charge in [0.15, 0.2) is 5.78 Å². The molecular weight excluding hydrogens is 422 g/mol. The van der Waals surface area contributed by atoms with Gasteiger partial charge in [0.1, 0.15) is 4.88 Å². The molecule has 1 aliphatic heterocycles. The van der Waals surface area contributed by atoms with Crippen LogP contribution in [0, 0.1) is 0 Å². The van der Waals surface area contributed by atoms with E-state index in [9.17, 15) is 14.4 Å². The van der Waals surface area contributed by atoms with E-state index in [4.69, 9.17) is 0 Å². The molecule has 0 saturated carbocycles. The quantitative estimate of drug-likeness (QED) is 0.448. The number of benzene rings is 2. The van der Waals surface area contributed by atoms with Crippen LogP contribution in [0.15, 0.2) is 61.2 Å². The Balaban J connectivity index is 1.62. The van der Waals surface area contributed by atoms with E-state index in [0.29, 0.717) is 22.7 Å². The fourth-order valence-electron chi connectivity index (χ4n) is 3.79. The van der Waals surface area contributed by atoms with Gasteiger partial charge in [-0.2, -0.15) is 0 Å². The fraction of sp³-hybridized carbons (Fsp3) is 0.160. The van der Waals surface area contributed by atoms with E-state index in [0.717, 1.165) is 21.3 Å². The van der Waals surface area contributed by atoms with E-state index in [1.54, 1.807) is 30.3 Å². The molecule has 162 valence electrons. The maximum absolute atomic E-state index is 12.9. The van der Waals surface area contributed by atoms with Gasteiger partial charge in [0.05, 0.1) is 5.69 Å². The molecule has 0 spiro atoms. The number of carbonyl (C=O) groups excluding carboxylic acids is 3. The maximum Gasteiger partial charge on any atom is 0.263 e. The molecule has 1 unspecified atom stereocenters. The lowest BCUT2D eigenvalue weighted by Crippen LogP contribution is -2.36. The van der Waals surface area contributed by atoms with Gasteiger partial charge in [-0.1, -0.05) is 24.8 Å². The minimum atomic E-state index is -0.293. The summed E-state index contributed by atoms with van der Waals surface area (Å²) in [5.41, 5.74) is 2.84. The molecule has 0 bridgehead atoms. The lowest BCUT2D eigenvalue weighted by Gasteiger charge is -2.20. The Labute approximate surface area is 190 Å². The number of allylic oxidation sites excluding steroid dienone is 1. The van der Waals surface area contributed by atoms with E-state index in [1.807, 2.05) is 32.2 Å². The third-order valence-corrected chi connectivity index (χ3v) is 6.38. The lowest BCUT2D eigenvalue weighted by atomic mass is 10.1. The molecule has 0 fully saturated rings. The zero-order valence-corrected chi connectivity index (χ0v) is 18.7. The van der Waals surface area contributed by atoms with Gasteiger partial charge in [-0.25, -0.2) is 0 Å². The number of nitrogens with one attached hydrogen (secondary N) is 2. The number of amides is 2. The summed E-state index contributed by atoms with van der Waals surface area (Å²) in [6.07, 6.45) is 4.43. The smallest absolute Gasteiger partial charge is 0.263 e. The van der Waals surface area contributed by atoms with Crippen LogP contribution in [0.5, 0.6) is 0 Å². The molecule has 2 amide bonds. The second-order valence-electron chi connectivity index (χ2n) is 7.76. The highest BCUT2D eigenvalue weighted by atomic mass is 32.1. The van der Waals surface area contributed by atoms with Gasteiger partial charge in [-0.3, -0.25) is 14.4 Å². The molecule has 0 saturated heterocycles. The largest absolute Gasteiger partial charge is 0.371 e. The molecule has 6 nitrogen and oxygen atoms in total. The first-order valence-electron chi connectivity index (χ1n) is 10.2. The van der Waals surface area contributed by atoms with Crippen molar-refractivity contribution in [2.75, 3.05) is 23.8 Å². The first kappa shape index (κ1) is 21.5. The molecule has 7 heteroatoms. The van der Waals surface area contributed by atoms with Gasteiger partial charge in [-0.05, 0) is 55.0 Å². The highest BCUT2D eigenvalue weighted by Gasteiger charge is 2.27. The van der Waals surface area contributed by atoms with Crippen LogP contribution in [-0.4, -0.2) is 37.2 Å². The molecule has 32 heavy (non-hydrogen) atoms. The standard InChI is InChI=1S/C25H23N3O3S/c1-4-22(30)27-18-7-5-6-16(12-18)8-10-20(29)17-9-11-21-19(13-17)23-24(32-21)25(31)26-15(2)14-28(23)3/h4-13,15H,1,14H2,2-3H3,(H,26,31)(H,27,30). The number of likely N-dealkylation sites (N-methyl/N-ethyl adjacent to an activating group) is 1. The molecule has 1 atom stereocenters. The van der Waals surface area contributed by atoms with Gasteiger partial charge in [0, 0.05) is 41.0 Å². The van der Waals surface area contributed by atoms with Crippen LogP contribution in [-0.2, 0) is 4.79 Å². The van der Waals surface area contributed by atoms with Crippen molar-refractivity contribution in [3.8, 4) is 0 Å². The third kappa shape index (κ3) is 4.33. The Hall–Kier alpha value is -3.71. The van der Waals surface area contributed by atoms with E-state index in [1.165, 1.54) is 23.5 Å². The summed E-state index contributed by atoms with van der Waals surface area (Å²) in [5.74, 6) is -0.505. The monoisotopic (exact) mass is 445 g/mol. The van der Waals surface area contributed by atoms with Crippen molar-refractivity contribution in [2.24, 2.45) is 0 Å². The Morgan fingerprint density at radius 1 is 1.25 bits per heavy atom. The van der Waals surface area contributed by atoms with Crippen molar-refractivity contribution in [1.29, 1.82) is 0 Å². The first-order valence-corrected chi connectivity index (χ1v) is 11.0. The van der Waals surface area contributed by atoms with Crippen LogP contribution in [0.1, 0.15) is 32.5 Å². The Bertz CT molecular complexity index is 1270. The third-order valence-electron chi connectivity index (χ3n) is 5.23. The number of nitrogens with zero attached hydrogens (tertiary/aromatic N) is 1. The number of ketones is 1. The molecule has 3 aromatic rings. The van der Waals surface area contributed by atoms with Gasteiger partial charge in [0.2, 0.25) is 5.91 Å². The van der Waals surface area contributed by atoms with E-state index >= 15 is 0 Å². The average molecular weight is 446 g/mol. The van der Waals surface area contributed by atoms with E-state index < -0.39 is 0 Å². The maximum atomic E-state index is 12.9.